The molecular weight excluding hydrogens is 406 g/mol. The van der Waals surface area contributed by atoms with Crippen LogP contribution in [-0.2, 0) is 6.54 Å². The Balaban J connectivity index is 1.12. The Bertz CT molecular complexity index is 941. The fourth-order valence-corrected chi connectivity index (χ4v) is 4.96. The molecule has 7 heteroatoms. The van der Waals surface area contributed by atoms with Crippen molar-refractivity contribution < 1.29 is 19.4 Å². The summed E-state index contributed by atoms with van der Waals surface area (Å²) >= 11 is 0. The lowest BCUT2D eigenvalue weighted by Gasteiger charge is -2.42. The van der Waals surface area contributed by atoms with Gasteiger partial charge in [-0.25, -0.2) is 0 Å². The number of carbonyl (C=O) groups excluding carboxylic acids is 1. The average molecular weight is 438 g/mol. The Labute approximate surface area is 188 Å². The number of rotatable bonds is 5. The Morgan fingerprint density at radius 3 is 2.56 bits per heavy atom. The number of hydrogen-bond acceptors (Lipinski definition) is 6. The van der Waals surface area contributed by atoms with Crippen LogP contribution in [0.2, 0.25) is 0 Å². The van der Waals surface area contributed by atoms with Gasteiger partial charge in [-0.05, 0) is 74.2 Å². The van der Waals surface area contributed by atoms with Gasteiger partial charge in [0.2, 0.25) is 6.79 Å². The molecule has 0 saturated carbocycles. The number of amides is 1. The molecule has 2 aromatic carbocycles. The van der Waals surface area contributed by atoms with Crippen molar-refractivity contribution in [3.8, 4) is 11.5 Å². The van der Waals surface area contributed by atoms with Crippen LogP contribution in [0.5, 0.6) is 11.5 Å². The highest BCUT2D eigenvalue weighted by Crippen LogP contribution is 2.32. The molecule has 0 bridgehead atoms. The zero-order valence-corrected chi connectivity index (χ0v) is 18.3. The molecule has 2 aromatic rings. The van der Waals surface area contributed by atoms with E-state index < -0.39 is 0 Å². The van der Waals surface area contributed by atoms with Crippen molar-refractivity contribution in [3.63, 3.8) is 0 Å². The summed E-state index contributed by atoms with van der Waals surface area (Å²) in [5.41, 5.74) is 2.80. The van der Waals surface area contributed by atoms with Crippen LogP contribution in [-0.4, -0.2) is 61.0 Å². The van der Waals surface area contributed by atoms with Crippen molar-refractivity contribution in [2.75, 3.05) is 37.9 Å². The number of nitrogens with one attached hydrogen (secondary N) is 1. The highest BCUT2D eigenvalue weighted by atomic mass is 16.7. The summed E-state index contributed by atoms with van der Waals surface area (Å²) < 4.78 is 10.7. The molecule has 7 nitrogen and oxygen atoms in total. The first-order valence-electron chi connectivity index (χ1n) is 11.6. The highest BCUT2D eigenvalue weighted by molar-refractivity contribution is 5.94. The van der Waals surface area contributed by atoms with Gasteiger partial charge in [-0.15, -0.1) is 0 Å². The monoisotopic (exact) mass is 437 g/mol. The molecule has 0 aliphatic carbocycles. The van der Waals surface area contributed by atoms with E-state index in [2.05, 4.69) is 15.1 Å². The molecule has 32 heavy (non-hydrogen) atoms. The molecule has 0 spiro atoms. The second-order valence-corrected chi connectivity index (χ2v) is 8.93. The maximum atomic E-state index is 12.6. The number of carbonyl (C=O) groups is 1. The number of hydrogen-bond donors (Lipinski definition) is 2. The van der Waals surface area contributed by atoms with Crippen molar-refractivity contribution >= 4 is 11.6 Å². The summed E-state index contributed by atoms with van der Waals surface area (Å²) in [6.45, 7) is 4.63. The largest absolute Gasteiger partial charge is 0.454 e. The van der Waals surface area contributed by atoms with Crippen molar-refractivity contribution in [2.45, 2.75) is 44.4 Å². The molecule has 0 unspecified atom stereocenters. The average Bonchev–Trinajstić information content (AvgIpc) is 3.31. The molecule has 170 valence electrons. The lowest BCUT2D eigenvalue weighted by atomic mass is 9.98. The van der Waals surface area contributed by atoms with Crippen LogP contribution in [0, 0.1) is 0 Å². The summed E-state index contributed by atoms with van der Waals surface area (Å²) in [6.07, 6.45) is 4.10. The third-order valence-corrected chi connectivity index (χ3v) is 6.79. The SMILES string of the molecule is O=C(NCc1ccc2c(c1)OCO2)c1ccc(N2CCC(N3CCC[C@@H](O)C3)CC2)cc1. The number of piperidine rings is 2. The van der Waals surface area contributed by atoms with Gasteiger partial charge in [-0.3, -0.25) is 9.69 Å². The maximum Gasteiger partial charge on any atom is 0.251 e. The van der Waals surface area contributed by atoms with Crippen LogP contribution in [0.4, 0.5) is 5.69 Å². The number of benzene rings is 2. The van der Waals surface area contributed by atoms with Crippen LogP contribution >= 0.6 is 0 Å². The lowest BCUT2D eigenvalue weighted by molar-refractivity contribution is 0.0398. The van der Waals surface area contributed by atoms with E-state index in [0.29, 0.717) is 18.2 Å². The summed E-state index contributed by atoms with van der Waals surface area (Å²) in [5.74, 6) is 1.38. The molecule has 3 aliphatic rings. The van der Waals surface area contributed by atoms with Crippen molar-refractivity contribution in [1.29, 1.82) is 0 Å². The van der Waals surface area contributed by atoms with Crippen LogP contribution in [0.15, 0.2) is 42.5 Å². The van der Waals surface area contributed by atoms with E-state index in [4.69, 9.17) is 9.47 Å². The number of anilines is 1. The molecule has 1 atom stereocenters. The van der Waals surface area contributed by atoms with Gasteiger partial charge in [0.25, 0.3) is 5.91 Å². The minimum Gasteiger partial charge on any atom is -0.454 e. The van der Waals surface area contributed by atoms with E-state index >= 15 is 0 Å². The quantitative estimate of drug-likeness (QED) is 0.749. The van der Waals surface area contributed by atoms with Gasteiger partial charge >= 0.3 is 0 Å². The summed E-state index contributed by atoms with van der Waals surface area (Å²) in [4.78, 5) is 17.4. The standard InChI is InChI=1S/C25H31N3O4/c29-22-2-1-11-28(16-22)21-9-12-27(13-10-21)20-6-4-19(5-7-20)25(30)26-15-18-3-8-23-24(14-18)32-17-31-23/h3-8,14,21-22,29H,1-2,9-13,15-17H2,(H,26,30)/t22-/m1/s1. The van der Waals surface area contributed by atoms with E-state index in [1.807, 2.05) is 42.5 Å². The first-order chi connectivity index (χ1) is 15.7. The third kappa shape index (κ3) is 4.69. The molecule has 3 heterocycles. The lowest BCUT2D eigenvalue weighted by Crippen LogP contribution is -2.49. The smallest absolute Gasteiger partial charge is 0.251 e. The van der Waals surface area contributed by atoms with Gasteiger partial charge in [0.1, 0.15) is 0 Å². The van der Waals surface area contributed by atoms with Crippen LogP contribution in [0.3, 0.4) is 0 Å². The summed E-state index contributed by atoms with van der Waals surface area (Å²) in [6, 6.07) is 14.2. The molecule has 2 fully saturated rings. The van der Waals surface area contributed by atoms with Crippen molar-refractivity contribution in [1.82, 2.24) is 10.2 Å². The number of fused-ring (bicyclic) bond motifs is 1. The minimum atomic E-state index is -0.162. The van der Waals surface area contributed by atoms with E-state index in [-0.39, 0.29) is 18.8 Å². The molecule has 5 rings (SSSR count). The van der Waals surface area contributed by atoms with Gasteiger partial charge in [0, 0.05) is 43.5 Å². The van der Waals surface area contributed by atoms with E-state index in [1.165, 1.54) is 0 Å². The Kier molecular flexibility index (Phi) is 6.19. The second kappa shape index (κ2) is 9.38. The van der Waals surface area contributed by atoms with Crippen molar-refractivity contribution in [3.05, 3.63) is 53.6 Å². The number of β-amino-alcohol motifs (C(OH)–C–C–N with tert-alkyl or cyclic N) is 1. The normalized spacial score (nSPS) is 21.5. The number of aliphatic hydroxyl groups excluding tert-OH is 1. The Morgan fingerprint density at radius 2 is 1.78 bits per heavy atom. The zero-order valence-electron chi connectivity index (χ0n) is 18.3. The fraction of sp³-hybridized carbons (Fsp3) is 0.480. The van der Waals surface area contributed by atoms with Gasteiger partial charge in [-0.2, -0.15) is 0 Å². The summed E-state index contributed by atoms with van der Waals surface area (Å²) in [5, 5.41) is 12.9. The Morgan fingerprint density at radius 1 is 1.00 bits per heavy atom. The zero-order chi connectivity index (χ0) is 21.9. The second-order valence-electron chi connectivity index (χ2n) is 8.93. The third-order valence-electron chi connectivity index (χ3n) is 6.79. The van der Waals surface area contributed by atoms with Crippen LogP contribution in [0.1, 0.15) is 41.6 Å². The fourth-order valence-electron chi connectivity index (χ4n) is 4.96. The molecule has 0 radical (unpaired) electrons. The first-order valence-corrected chi connectivity index (χ1v) is 11.6. The minimum absolute atomic E-state index is 0.0865. The molecular formula is C25H31N3O4. The summed E-state index contributed by atoms with van der Waals surface area (Å²) in [7, 11) is 0. The number of aliphatic hydroxyl groups is 1. The molecule has 3 aliphatic heterocycles. The van der Waals surface area contributed by atoms with Gasteiger partial charge in [0.05, 0.1) is 6.10 Å². The van der Waals surface area contributed by atoms with Gasteiger partial charge in [-0.1, -0.05) is 6.07 Å². The molecule has 2 saturated heterocycles. The molecule has 2 N–H and O–H groups in total. The van der Waals surface area contributed by atoms with Crippen LogP contribution < -0.4 is 19.7 Å². The van der Waals surface area contributed by atoms with Gasteiger partial charge < -0.3 is 24.8 Å². The number of nitrogens with zero attached hydrogens (tertiary/aromatic N) is 2. The predicted molar refractivity (Wildman–Crippen MR) is 122 cm³/mol. The highest BCUT2D eigenvalue weighted by Gasteiger charge is 2.28. The van der Waals surface area contributed by atoms with Gasteiger partial charge in [0.15, 0.2) is 11.5 Å². The van der Waals surface area contributed by atoms with E-state index in [0.717, 1.165) is 74.6 Å². The van der Waals surface area contributed by atoms with Crippen molar-refractivity contribution in [2.24, 2.45) is 0 Å². The molecule has 0 aromatic heterocycles. The topological polar surface area (TPSA) is 74.3 Å². The first kappa shape index (κ1) is 21.1. The number of ether oxygens (including phenoxy) is 2. The van der Waals surface area contributed by atoms with Crippen LogP contribution in [0.25, 0.3) is 0 Å². The maximum absolute atomic E-state index is 12.6. The van der Waals surface area contributed by atoms with E-state index in [9.17, 15) is 9.90 Å². The Hall–Kier alpha value is -2.77. The predicted octanol–water partition coefficient (Wildman–Crippen LogP) is 2.77. The molecule has 1 amide bonds. The number of likely N-dealkylation sites (tertiary alicyclic amines) is 1. The van der Waals surface area contributed by atoms with E-state index in [1.54, 1.807) is 0 Å².